The average Bonchev–Trinajstić information content (AvgIpc) is 3.47. The molecule has 1 amide bonds. The van der Waals surface area contributed by atoms with Crippen LogP contribution in [0.1, 0.15) is 66.5 Å². The van der Waals surface area contributed by atoms with Gasteiger partial charge in [-0.2, -0.15) is 5.10 Å². The molecule has 1 aliphatic carbocycles. The molecule has 6 nitrogen and oxygen atoms in total. The van der Waals surface area contributed by atoms with Gasteiger partial charge >= 0.3 is 0 Å². The fourth-order valence-electron chi connectivity index (χ4n) is 3.39. The summed E-state index contributed by atoms with van der Waals surface area (Å²) >= 11 is 0. The molecular formula is C23H31N3O3. The predicted molar refractivity (Wildman–Crippen MR) is 115 cm³/mol. The van der Waals surface area contributed by atoms with E-state index < -0.39 is 0 Å². The van der Waals surface area contributed by atoms with E-state index in [1.54, 1.807) is 31.5 Å². The summed E-state index contributed by atoms with van der Waals surface area (Å²) in [6.45, 7) is 9.12. The van der Waals surface area contributed by atoms with E-state index in [9.17, 15) is 4.79 Å². The summed E-state index contributed by atoms with van der Waals surface area (Å²) in [5, 5.41) is 4.15. The third-order valence-electron chi connectivity index (χ3n) is 5.18. The van der Waals surface area contributed by atoms with E-state index in [1.807, 2.05) is 0 Å². The maximum atomic E-state index is 12.5. The van der Waals surface area contributed by atoms with Crippen molar-refractivity contribution in [2.75, 3.05) is 13.7 Å². The zero-order chi connectivity index (χ0) is 21.0. The molecule has 0 bridgehead atoms. The van der Waals surface area contributed by atoms with Crippen molar-refractivity contribution in [1.29, 1.82) is 0 Å². The van der Waals surface area contributed by atoms with E-state index in [-0.39, 0.29) is 5.91 Å². The zero-order valence-corrected chi connectivity index (χ0v) is 18.0. The molecule has 0 spiro atoms. The smallest absolute Gasteiger partial charge is 0.271 e. The van der Waals surface area contributed by atoms with Crippen molar-refractivity contribution >= 4 is 12.1 Å². The number of benzene rings is 1. The van der Waals surface area contributed by atoms with Gasteiger partial charge in [0.1, 0.15) is 0 Å². The summed E-state index contributed by atoms with van der Waals surface area (Å²) in [5.74, 6) is 1.46. The van der Waals surface area contributed by atoms with Gasteiger partial charge in [0, 0.05) is 28.6 Å². The number of ether oxygens (including phenoxy) is 2. The van der Waals surface area contributed by atoms with Gasteiger partial charge in [-0.15, -0.1) is 0 Å². The molecule has 1 fully saturated rings. The highest BCUT2D eigenvalue weighted by molar-refractivity contribution is 5.95. The van der Waals surface area contributed by atoms with Crippen molar-refractivity contribution in [2.45, 2.75) is 53.0 Å². The zero-order valence-electron chi connectivity index (χ0n) is 18.0. The van der Waals surface area contributed by atoms with Crippen molar-refractivity contribution in [3.63, 3.8) is 0 Å². The number of hydrazone groups is 1. The van der Waals surface area contributed by atoms with Crippen molar-refractivity contribution in [2.24, 2.45) is 11.0 Å². The van der Waals surface area contributed by atoms with Crippen LogP contribution >= 0.6 is 0 Å². The Morgan fingerprint density at radius 1 is 1.28 bits per heavy atom. The molecule has 29 heavy (non-hydrogen) atoms. The highest BCUT2D eigenvalue weighted by Gasteiger charge is 2.26. The van der Waals surface area contributed by atoms with E-state index >= 15 is 0 Å². The lowest BCUT2D eigenvalue weighted by atomic mass is 10.1. The second-order valence-corrected chi connectivity index (χ2v) is 8.02. The van der Waals surface area contributed by atoms with Crippen molar-refractivity contribution in [1.82, 2.24) is 9.99 Å². The Hall–Kier alpha value is -2.76. The van der Waals surface area contributed by atoms with Gasteiger partial charge in [0.2, 0.25) is 0 Å². The molecule has 3 rings (SSSR count). The Labute approximate surface area is 172 Å². The Balaban J connectivity index is 1.63. The van der Waals surface area contributed by atoms with Crippen molar-refractivity contribution in [3.05, 3.63) is 46.8 Å². The SMILES string of the molecule is COc1cc(C(=O)N/N=C/c2cc(C)n(C3CC3)c2C)ccc1OCCC(C)C. The van der Waals surface area contributed by atoms with Crippen molar-refractivity contribution in [3.8, 4) is 11.5 Å². The summed E-state index contributed by atoms with van der Waals surface area (Å²) in [7, 11) is 1.57. The first-order chi connectivity index (χ1) is 13.9. The second-order valence-electron chi connectivity index (χ2n) is 8.02. The Morgan fingerprint density at radius 3 is 2.69 bits per heavy atom. The molecule has 0 unspecified atom stereocenters. The van der Waals surface area contributed by atoms with Gasteiger partial charge in [0.15, 0.2) is 11.5 Å². The predicted octanol–water partition coefficient (Wildman–Crippen LogP) is 4.64. The quantitative estimate of drug-likeness (QED) is 0.495. The van der Waals surface area contributed by atoms with Gasteiger partial charge in [-0.05, 0) is 63.3 Å². The lowest BCUT2D eigenvalue weighted by molar-refractivity contribution is 0.0954. The highest BCUT2D eigenvalue weighted by atomic mass is 16.5. The highest BCUT2D eigenvalue weighted by Crippen LogP contribution is 2.38. The molecule has 1 N–H and O–H groups in total. The Morgan fingerprint density at radius 2 is 2.03 bits per heavy atom. The number of aryl methyl sites for hydroxylation is 1. The lowest BCUT2D eigenvalue weighted by Crippen LogP contribution is -2.17. The number of nitrogens with zero attached hydrogens (tertiary/aromatic N) is 2. The van der Waals surface area contributed by atoms with Gasteiger partial charge in [-0.25, -0.2) is 5.43 Å². The van der Waals surface area contributed by atoms with E-state index in [2.05, 4.69) is 48.9 Å². The minimum atomic E-state index is -0.288. The van der Waals surface area contributed by atoms with E-state index in [1.165, 1.54) is 24.2 Å². The molecule has 0 radical (unpaired) electrons. The van der Waals surface area contributed by atoms with Crippen LogP contribution in [0.25, 0.3) is 0 Å². The number of hydrogen-bond donors (Lipinski definition) is 1. The van der Waals surface area contributed by atoms with Gasteiger partial charge < -0.3 is 14.0 Å². The molecule has 1 saturated carbocycles. The number of hydrogen-bond acceptors (Lipinski definition) is 4. The third kappa shape index (κ3) is 5.19. The minimum Gasteiger partial charge on any atom is -0.493 e. The van der Waals surface area contributed by atoms with E-state index in [4.69, 9.17) is 9.47 Å². The van der Waals surface area contributed by atoms with Crippen LogP contribution < -0.4 is 14.9 Å². The number of carbonyl (C=O) groups excluding carboxylic acids is 1. The Bertz CT molecular complexity index is 895. The first-order valence-corrected chi connectivity index (χ1v) is 10.2. The number of amides is 1. The van der Waals surface area contributed by atoms with Crippen molar-refractivity contribution < 1.29 is 14.3 Å². The molecule has 156 valence electrons. The van der Waals surface area contributed by atoms with Gasteiger partial charge in [-0.1, -0.05) is 13.8 Å². The lowest BCUT2D eigenvalue weighted by Gasteiger charge is -2.12. The van der Waals surface area contributed by atoms with Gasteiger partial charge in [0.05, 0.1) is 19.9 Å². The molecular weight excluding hydrogens is 366 g/mol. The number of aromatic nitrogens is 1. The van der Waals surface area contributed by atoms with Crippen LogP contribution in [-0.2, 0) is 0 Å². The largest absolute Gasteiger partial charge is 0.493 e. The molecule has 1 heterocycles. The van der Waals surface area contributed by atoms with Crippen LogP contribution in [0.3, 0.4) is 0 Å². The number of nitrogens with one attached hydrogen (secondary N) is 1. The van der Waals surface area contributed by atoms with Crippen LogP contribution in [0, 0.1) is 19.8 Å². The maximum Gasteiger partial charge on any atom is 0.271 e. The third-order valence-corrected chi connectivity index (χ3v) is 5.18. The summed E-state index contributed by atoms with van der Waals surface area (Å²) in [4.78, 5) is 12.5. The first-order valence-electron chi connectivity index (χ1n) is 10.2. The van der Waals surface area contributed by atoms with Crippen LogP contribution in [0.15, 0.2) is 29.4 Å². The van der Waals surface area contributed by atoms with E-state index in [0.717, 1.165) is 12.0 Å². The average molecular weight is 398 g/mol. The monoisotopic (exact) mass is 397 g/mol. The standard InChI is InChI=1S/C23H31N3O3/c1-15(2)10-11-29-21-9-6-18(13-22(21)28-5)23(27)25-24-14-19-12-16(3)26(17(19)4)20-7-8-20/h6,9,12-15,20H,7-8,10-11H2,1-5H3,(H,25,27)/b24-14+. The number of rotatable bonds is 9. The fraction of sp³-hybridized carbons (Fsp3) is 0.478. The molecule has 0 saturated heterocycles. The molecule has 6 heteroatoms. The maximum absolute atomic E-state index is 12.5. The minimum absolute atomic E-state index is 0.288. The van der Waals surface area contributed by atoms with Gasteiger partial charge in [-0.3, -0.25) is 4.79 Å². The number of methoxy groups -OCH3 is 1. The summed E-state index contributed by atoms with van der Waals surface area (Å²) < 4.78 is 13.5. The fourth-order valence-corrected chi connectivity index (χ4v) is 3.39. The van der Waals surface area contributed by atoms with Crippen LogP contribution in [0.5, 0.6) is 11.5 Å². The first kappa shape index (κ1) is 21.0. The second kappa shape index (κ2) is 9.16. The Kier molecular flexibility index (Phi) is 6.62. The molecule has 0 atom stereocenters. The normalized spacial score (nSPS) is 13.9. The molecule has 1 aliphatic rings. The van der Waals surface area contributed by atoms with Crippen LogP contribution in [0.4, 0.5) is 0 Å². The number of carbonyl (C=O) groups is 1. The molecule has 1 aromatic carbocycles. The summed E-state index contributed by atoms with van der Waals surface area (Å²) in [6, 6.07) is 7.89. The summed E-state index contributed by atoms with van der Waals surface area (Å²) in [6.07, 6.45) is 5.15. The topological polar surface area (TPSA) is 64.8 Å². The summed E-state index contributed by atoms with van der Waals surface area (Å²) in [5.41, 5.74) is 6.52. The van der Waals surface area contributed by atoms with Crippen LogP contribution in [0.2, 0.25) is 0 Å². The molecule has 1 aromatic heterocycles. The van der Waals surface area contributed by atoms with E-state index in [0.29, 0.717) is 35.6 Å². The van der Waals surface area contributed by atoms with Crippen LogP contribution in [-0.4, -0.2) is 30.4 Å². The van der Waals surface area contributed by atoms with Gasteiger partial charge in [0.25, 0.3) is 5.91 Å². The molecule has 0 aliphatic heterocycles. The molecule has 2 aromatic rings.